The average Bonchev–Trinajstić information content (AvgIpc) is 2.51. The van der Waals surface area contributed by atoms with Gasteiger partial charge in [-0.3, -0.25) is 4.79 Å². The Morgan fingerprint density at radius 1 is 1.14 bits per heavy atom. The van der Waals surface area contributed by atoms with Crippen LogP contribution < -0.4 is 10.2 Å². The number of rotatable bonds is 3. The molecule has 3 aromatic rings. The maximum Gasteiger partial charge on any atom is 0.200 e. The number of hydrogen-bond acceptors (Lipinski definition) is 3. The first-order chi connectivity index (χ1) is 10.6. The smallest absolute Gasteiger partial charge is 0.200 e. The van der Waals surface area contributed by atoms with Crippen molar-refractivity contribution in [2.45, 2.75) is 20.0 Å². The minimum atomic E-state index is -0.142. The monoisotopic (exact) mass is 282 g/mol. The highest BCUT2D eigenvalue weighted by Crippen LogP contribution is 2.23. The highest BCUT2D eigenvalue weighted by molar-refractivity contribution is 5.82. The van der Waals surface area contributed by atoms with Crippen LogP contribution in [0, 0.1) is 0 Å². The first-order valence-electron chi connectivity index (χ1n) is 7.35. The highest BCUT2D eigenvalue weighted by atomic mass is 16.5. The van der Waals surface area contributed by atoms with Crippen molar-refractivity contribution in [1.82, 2.24) is 0 Å². The molecule has 0 radical (unpaired) electrons. The molecule has 2 aromatic carbocycles. The predicted octanol–water partition coefficient (Wildman–Crippen LogP) is 4.25. The van der Waals surface area contributed by atoms with Crippen molar-refractivity contribution in [3.8, 4) is 16.9 Å². The SMILES string of the molecule is [3H]c1c(OC(C)C)ccc2c(=O)c(-c3ccccc3)coc12. The van der Waals surface area contributed by atoms with Crippen molar-refractivity contribution >= 4 is 11.0 Å². The van der Waals surface area contributed by atoms with Crippen LogP contribution in [-0.2, 0) is 0 Å². The van der Waals surface area contributed by atoms with Gasteiger partial charge in [-0.1, -0.05) is 30.3 Å². The third-order valence-electron chi connectivity index (χ3n) is 3.11. The normalized spacial score (nSPS) is 11.7. The van der Waals surface area contributed by atoms with Crippen molar-refractivity contribution in [2.75, 3.05) is 0 Å². The van der Waals surface area contributed by atoms with Crippen LogP contribution in [0.15, 0.2) is 64.0 Å². The molecule has 106 valence electrons. The molecular weight excluding hydrogens is 264 g/mol. The summed E-state index contributed by atoms with van der Waals surface area (Å²) in [5.41, 5.74) is 1.40. The van der Waals surface area contributed by atoms with Gasteiger partial charge in [-0.2, -0.15) is 0 Å². The molecule has 0 N–H and O–H groups in total. The zero-order valence-corrected chi connectivity index (χ0v) is 11.9. The van der Waals surface area contributed by atoms with E-state index in [9.17, 15) is 4.79 Å². The lowest BCUT2D eigenvalue weighted by Crippen LogP contribution is -2.07. The van der Waals surface area contributed by atoms with E-state index in [0.29, 0.717) is 16.7 Å². The van der Waals surface area contributed by atoms with E-state index < -0.39 is 0 Å². The average molecular weight is 282 g/mol. The van der Waals surface area contributed by atoms with Gasteiger partial charge in [0.15, 0.2) is 5.43 Å². The maximum absolute atomic E-state index is 12.6. The van der Waals surface area contributed by atoms with E-state index >= 15 is 0 Å². The number of benzene rings is 2. The Labute approximate surface area is 124 Å². The Morgan fingerprint density at radius 3 is 2.62 bits per heavy atom. The van der Waals surface area contributed by atoms with E-state index in [-0.39, 0.29) is 23.2 Å². The summed E-state index contributed by atoms with van der Waals surface area (Å²) in [4.78, 5) is 12.6. The standard InChI is InChI=1S/C18H16O3/c1-12(2)21-14-8-9-15-17(10-14)20-11-16(18(15)19)13-6-4-3-5-7-13/h3-12H,1-2H3/i10T. The quantitative estimate of drug-likeness (QED) is 0.721. The molecule has 3 nitrogen and oxygen atoms in total. The second-order valence-electron chi connectivity index (χ2n) is 5.08. The van der Waals surface area contributed by atoms with Gasteiger partial charge >= 0.3 is 0 Å². The van der Waals surface area contributed by atoms with E-state index in [4.69, 9.17) is 10.5 Å². The minimum absolute atomic E-state index is 0.0446. The van der Waals surface area contributed by atoms with E-state index in [1.807, 2.05) is 44.2 Å². The van der Waals surface area contributed by atoms with E-state index in [1.165, 1.54) is 6.26 Å². The fraction of sp³-hybridized carbons (Fsp3) is 0.167. The van der Waals surface area contributed by atoms with Crippen molar-refractivity contribution in [3.63, 3.8) is 0 Å². The second-order valence-corrected chi connectivity index (χ2v) is 5.08. The molecule has 21 heavy (non-hydrogen) atoms. The number of hydrogen-bond donors (Lipinski definition) is 0. The van der Waals surface area contributed by atoms with Crippen molar-refractivity contribution in [1.29, 1.82) is 0 Å². The van der Waals surface area contributed by atoms with Crippen molar-refractivity contribution < 1.29 is 10.5 Å². The molecule has 1 heterocycles. The van der Waals surface area contributed by atoms with E-state index in [2.05, 4.69) is 0 Å². The highest BCUT2D eigenvalue weighted by Gasteiger charge is 2.10. The van der Waals surface area contributed by atoms with Gasteiger partial charge in [0, 0.05) is 6.04 Å². The third-order valence-corrected chi connectivity index (χ3v) is 3.11. The predicted molar refractivity (Wildman–Crippen MR) is 83.7 cm³/mol. The number of ether oxygens (including phenoxy) is 1. The molecule has 0 fully saturated rings. The molecule has 0 aliphatic heterocycles. The first kappa shape index (κ1) is 12.2. The van der Waals surface area contributed by atoms with Gasteiger partial charge in [0.2, 0.25) is 0 Å². The zero-order chi connectivity index (χ0) is 15.7. The van der Waals surface area contributed by atoms with Crippen LogP contribution >= 0.6 is 0 Å². The lowest BCUT2D eigenvalue weighted by atomic mass is 10.1. The Hall–Kier alpha value is -2.55. The zero-order valence-electron chi connectivity index (χ0n) is 12.9. The van der Waals surface area contributed by atoms with Gasteiger partial charge in [0.1, 0.15) is 17.6 Å². The fourth-order valence-corrected chi connectivity index (χ4v) is 2.18. The summed E-state index contributed by atoms with van der Waals surface area (Å²) in [6.07, 6.45) is 1.37. The molecule has 0 aliphatic carbocycles. The Kier molecular flexibility index (Phi) is 3.17. The van der Waals surface area contributed by atoms with Crippen LogP contribution in [0.25, 0.3) is 22.1 Å². The molecule has 0 saturated carbocycles. The molecular formula is C18H16O3. The Balaban J connectivity index is 2.19. The van der Waals surface area contributed by atoms with Gasteiger partial charge in [0.05, 0.1) is 18.4 Å². The van der Waals surface area contributed by atoms with Crippen LogP contribution in [0.4, 0.5) is 0 Å². The fourth-order valence-electron chi connectivity index (χ4n) is 2.18. The number of fused-ring (bicyclic) bond motifs is 1. The molecule has 0 spiro atoms. The molecule has 3 heteroatoms. The van der Waals surface area contributed by atoms with Crippen LogP contribution in [-0.4, -0.2) is 6.10 Å². The summed E-state index contributed by atoms with van der Waals surface area (Å²) in [7, 11) is 0. The molecule has 3 rings (SSSR count). The van der Waals surface area contributed by atoms with Crippen LogP contribution in [0.2, 0.25) is 0 Å². The summed E-state index contributed by atoms with van der Waals surface area (Å²) in [6, 6.07) is 12.8. The lowest BCUT2D eigenvalue weighted by Gasteiger charge is -2.10. The summed E-state index contributed by atoms with van der Waals surface area (Å²) < 4.78 is 19.3. The summed E-state index contributed by atoms with van der Waals surface area (Å²) >= 11 is 0. The molecule has 0 unspecified atom stereocenters. The summed E-state index contributed by atoms with van der Waals surface area (Å²) in [6.45, 7) is 3.77. The van der Waals surface area contributed by atoms with Crippen molar-refractivity contribution in [2.24, 2.45) is 0 Å². The van der Waals surface area contributed by atoms with Crippen LogP contribution in [0.3, 0.4) is 0 Å². The first-order valence-corrected chi connectivity index (χ1v) is 6.85. The topological polar surface area (TPSA) is 39.4 Å². The summed E-state index contributed by atoms with van der Waals surface area (Å²) in [5.74, 6) is 0.415. The summed E-state index contributed by atoms with van der Waals surface area (Å²) in [5, 5.41) is 0.391. The van der Waals surface area contributed by atoms with Gasteiger partial charge in [-0.05, 0) is 31.5 Å². The largest absolute Gasteiger partial charge is 0.491 e. The molecule has 0 aliphatic rings. The van der Waals surface area contributed by atoms with Gasteiger partial charge in [0.25, 0.3) is 0 Å². The second kappa shape index (κ2) is 5.44. The van der Waals surface area contributed by atoms with Gasteiger partial charge < -0.3 is 9.15 Å². The Bertz CT molecular complexity index is 867. The molecule has 0 bridgehead atoms. The molecule has 0 atom stereocenters. The molecule has 1 aromatic heterocycles. The third kappa shape index (κ3) is 2.68. The van der Waals surface area contributed by atoms with Gasteiger partial charge in [-0.15, -0.1) is 0 Å². The minimum Gasteiger partial charge on any atom is -0.491 e. The van der Waals surface area contributed by atoms with Crippen LogP contribution in [0.1, 0.15) is 15.2 Å². The maximum atomic E-state index is 12.6. The van der Waals surface area contributed by atoms with Crippen LogP contribution in [0.5, 0.6) is 5.75 Å². The van der Waals surface area contributed by atoms with E-state index in [0.717, 1.165) is 5.56 Å². The lowest BCUT2D eigenvalue weighted by molar-refractivity contribution is 0.242. The van der Waals surface area contributed by atoms with Crippen molar-refractivity contribution in [3.05, 3.63) is 65.0 Å². The van der Waals surface area contributed by atoms with E-state index in [1.54, 1.807) is 12.1 Å². The molecule has 0 amide bonds. The molecule has 0 saturated heterocycles. The Morgan fingerprint density at radius 2 is 1.90 bits per heavy atom. The van der Waals surface area contributed by atoms with Gasteiger partial charge in [-0.25, -0.2) is 0 Å².